The molecule has 6 heteroatoms. The maximum absolute atomic E-state index is 5.37. The lowest BCUT2D eigenvalue weighted by molar-refractivity contribution is 0.0354. The van der Waals surface area contributed by atoms with Gasteiger partial charge in [-0.05, 0) is 49.5 Å². The van der Waals surface area contributed by atoms with Crippen LogP contribution in [0.5, 0.6) is 5.75 Å². The van der Waals surface area contributed by atoms with Crippen molar-refractivity contribution >= 4 is 11.6 Å². The van der Waals surface area contributed by atoms with E-state index in [1.165, 1.54) is 31.5 Å². The summed E-state index contributed by atoms with van der Waals surface area (Å²) < 4.78 is 5.37. The Balaban J connectivity index is 1.52. The van der Waals surface area contributed by atoms with Crippen LogP contribution in [0.2, 0.25) is 0 Å². The van der Waals surface area contributed by atoms with Gasteiger partial charge in [0.15, 0.2) is 0 Å². The first-order valence-corrected chi connectivity index (χ1v) is 10.3. The summed E-state index contributed by atoms with van der Waals surface area (Å²) in [7, 11) is 5.80. The minimum absolute atomic E-state index is 0.497. The van der Waals surface area contributed by atoms with Crippen LogP contribution in [0.1, 0.15) is 24.3 Å². The number of hydrogen-bond donors (Lipinski definition) is 0. The molecule has 0 unspecified atom stereocenters. The maximum atomic E-state index is 5.37. The second-order valence-corrected chi connectivity index (χ2v) is 8.52. The molecule has 2 bridgehead atoms. The summed E-state index contributed by atoms with van der Waals surface area (Å²) >= 11 is 0. The number of piperidine rings is 3. The third-order valence-corrected chi connectivity index (χ3v) is 6.93. The fourth-order valence-electron chi connectivity index (χ4n) is 5.57. The summed E-state index contributed by atoms with van der Waals surface area (Å²) in [6.45, 7) is 3.48. The van der Waals surface area contributed by atoms with Crippen molar-refractivity contribution in [3.63, 3.8) is 0 Å². The molecule has 0 radical (unpaired) electrons. The molecule has 148 valence electrons. The van der Waals surface area contributed by atoms with Gasteiger partial charge in [0.25, 0.3) is 0 Å². The zero-order valence-electron chi connectivity index (χ0n) is 17.0. The Hall–Kier alpha value is -2.34. The van der Waals surface area contributed by atoms with E-state index < -0.39 is 0 Å². The second-order valence-electron chi connectivity index (χ2n) is 8.52. The van der Waals surface area contributed by atoms with Crippen molar-refractivity contribution in [2.75, 3.05) is 50.6 Å². The number of nitrogens with zero attached hydrogens (tertiary/aromatic N) is 5. The smallest absolute Gasteiger partial charge is 0.134 e. The van der Waals surface area contributed by atoms with Crippen molar-refractivity contribution in [3.8, 4) is 5.75 Å². The number of rotatable bonds is 4. The van der Waals surface area contributed by atoms with E-state index in [9.17, 15) is 0 Å². The highest BCUT2D eigenvalue weighted by Crippen LogP contribution is 2.47. The molecule has 0 amide bonds. The highest BCUT2D eigenvalue weighted by atomic mass is 16.5. The monoisotopic (exact) mass is 379 g/mol. The molecule has 28 heavy (non-hydrogen) atoms. The van der Waals surface area contributed by atoms with Gasteiger partial charge in [-0.3, -0.25) is 4.90 Å². The van der Waals surface area contributed by atoms with E-state index in [0.717, 1.165) is 29.8 Å². The highest BCUT2D eigenvalue weighted by Gasteiger charge is 2.53. The Morgan fingerprint density at radius 3 is 2.46 bits per heavy atom. The zero-order valence-corrected chi connectivity index (χ0v) is 17.0. The van der Waals surface area contributed by atoms with Crippen molar-refractivity contribution in [1.82, 2.24) is 14.9 Å². The van der Waals surface area contributed by atoms with E-state index in [4.69, 9.17) is 4.74 Å². The summed E-state index contributed by atoms with van der Waals surface area (Å²) in [4.78, 5) is 16.5. The van der Waals surface area contributed by atoms with Crippen molar-refractivity contribution in [1.29, 1.82) is 0 Å². The molecule has 4 fully saturated rings. The highest BCUT2D eigenvalue weighted by molar-refractivity contribution is 5.53. The number of aromatic nitrogens is 2. The van der Waals surface area contributed by atoms with Crippen molar-refractivity contribution in [2.45, 2.75) is 30.8 Å². The fourth-order valence-corrected chi connectivity index (χ4v) is 5.57. The Morgan fingerprint density at radius 1 is 1.04 bits per heavy atom. The van der Waals surface area contributed by atoms with Gasteiger partial charge in [-0.25, -0.2) is 9.97 Å². The van der Waals surface area contributed by atoms with E-state index in [1.54, 1.807) is 13.4 Å². The second kappa shape index (κ2) is 6.92. The summed E-state index contributed by atoms with van der Waals surface area (Å²) in [6.07, 6.45) is 4.32. The first-order chi connectivity index (χ1) is 13.7. The molecule has 0 spiro atoms. The number of fused-ring (bicyclic) bond motifs is 2. The predicted octanol–water partition coefficient (Wildman–Crippen LogP) is 2.62. The molecule has 6 nitrogen and oxygen atoms in total. The van der Waals surface area contributed by atoms with Gasteiger partial charge in [0.2, 0.25) is 0 Å². The topological polar surface area (TPSA) is 44.7 Å². The van der Waals surface area contributed by atoms with E-state index >= 15 is 0 Å². The van der Waals surface area contributed by atoms with Gasteiger partial charge in [0.05, 0.1) is 7.11 Å². The summed E-state index contributed by atoms with van der Waals surface area (Å²) in [5.74, 6) is 4.22. The Morgan fingerprint density at radius 2 is 1.79 bits per heavy atom. The zero-order chi connectivity index (χ0) is 19.3. The van der Waals surface area contributed by atoms with E-state index in [1.807, 2.05) is 14.1 Å². The number of anilines is 2. The number of ether oxygens (including phenoxy) is 1. The van der Waals surface area contributed by atoms with E-state index in [0.29, 0.717) is 18.0 Å². The molecule has 2 aromatic rings. The van der Waals surface area contributed by atoms with Crippen molar-refractivity contribution in [2.24, 2.45) is 5.92 Å². The number of methoxy groups -OCH3 is 1. The molecule has 0 aliphatic carbocycles. The van der Waals surface area contributed by atoms with Gasteiger partial charge in [0.1, 0.15) is 23.7 Å². The molecule has 6 rings (SSSR count). The summed E-state index contributed by atoms with van der Waals surface area (Å²) in [5.41, 5.74) is 1.41. The van der Waals surface area contributed by atoms with Crippen LogP contribution in [0.25, 0.3) is 0 Å². The molecule has 5 heterocycles. The van der Waals surface area contributed by atoms with Crippen LogP contribution in [0.3, 0.4) is 0 Å². The van der Waals surface area contributed by atoms with Gasteiger partial charge in [-0.2, -0.15) is 0 Å². The van der Waals surface area contributed by atoms with Crippen LogP contribution >= 0.6 is 0 Å². The van der Waals surface area contributed by atoms with E-state index in [-0.39, 0.29) is 0 Å². The summed E-state index contributed by atoms with van der Waals surface area (Å²) in [6, 6.07) is 11.9. The fraction of sp³-hybridized carbons (Fsp3) is 0.545. The van der Waals surface area contributed by atoms with Crippen molar-refractivity contribution in [3.05, 3.63) is 42.2 Å². The first-order valence-electron chi connectivity index (χ1n) is 10.3. The molecule has 4 aliphatic rings. The standard InChI is InChI=1S/C22H29N5O/c1-25(2)19-12-20(24-14-23-19)27-13-18(15-4-6-17(28-3)7-5-15)22-21(27)16-8-10-26(22)11-9-16/h4-7,12,14,16,18,21-22H,8-11,13H2,1-3H3/t18-,21+,22+/m1/s1. The molecule has 0 saturated carbocycles. The molecule has 1 aromatic carbocycles. The molecule has 4 saturated heterocycles. The minimum atomic E-state index is 0.497. The largest absolute Gasteiger partial charge is 0.497 e. The number of hydrogen-bond acceptors (Lipinski definition) is 6. The van der Waals surface area contributed by atoms with Crippen LogP contribution in [0.4, 0.5) is 11.6 Å². The molecule has 4 aliphatic heterocycles. The molecular formula is C22H29N5O. The third kappa shape index (κ3) is 2.82. The Bertz CT molecular complexity index is 831. The lowest BCUT2D eigenvalue weighted by Gasteiger charge is -2.51. The third-order valence-electron chi connectivity index (χ3n) is 6.93. The van der Waals surface area contributed by atoms with Crippen LogP contribution in [0, 0.1) is 5.92 Å². The molecule has 0 N–H and O–H groups in total. The normalized spacial score (nSPS) is 31.0. The Labute approximate surface area is 167 Å². The SMILES string of the molecule is COc1ccc([C@H]2CN(c3cc(N(C)C)ncn3)[C@H]3C4CCN(CC4)[C@@H]23)cc1. The van der Waals surface area contributed by atoms with Crippen LogP contribution in [0.15, 0.2) is 36.7 Å². The lowest BCUT2D eigenvalue weighted by atomic mass is 9.75. The minimum Gasteiger partial charge on any atom is -0.497 e. The maximum Gasteiger partial charge on any atom is 0.134 e. The van der Waals surface area contributed by atoms with Crippen molar-refractivity contribution < 1.29 is 4.74 Å². The van der Waals surface area contributed by atoms with Gasteiger partial charge < -0.3 is 14.5 Å². The van der Waals surface area contributed by atoms with Crippen LogP contribution in [-0.4, -0.2) is 67.8 Å². The molecule has 3 atom stereocenters. The van der Waals surface area contributed by atoms with Gasteiger partial charge >= 0.3 is 0 Å². The summed E-state index contributed by atoms with van der Waals surface area (Å²) in [5, 5.41) is 0. The van der Waals surface area contributed by atoms with Gasteiger partial charge in [0, 0.05) is 44.7 Å². The Kier molecular flexibility index (Phi) is 4.38. The van der Waals surface area contributed by atoms with Gasteiger partial charge in [-0.1, -0.05) is 12.1 Å². The molecular weight excluding hydrogens is 350 g/mol. The lowest BCUT2D eigenvalue weighted by Crippen LogP contribution is -2.60. The first kappa shape index (κ1) is 17.7. The quantitative estimate of drug-likeness (QED) is 0.814. The predicted molar refractivity (Wildman–Crippen MR) is 111 cm³/mol. The van der Waals surface area contributed by atoms with Crippen LogP contribution < -0.4 is 14.5 Å². The molecule has 1 aromatic heterocycles. The number of benzene rings is 1. The average molecular weight is 380 g/mol. The average Bonchev–Trinajstić information content (AvgIpc) is 3.18. The van der Waals surface area contributed by atoms with Crippen LogP contribution in [-0.2, 0) is 0 Å². The van der Waals surface area contributed by atoms with E-state index in [2.05, 4.69) is 55.0 Å². The van der Waals surface area contributed by atoms with Gasteiger partial charge in [-0.15, -0.1) is 0 Å².